The van der Waals surface area contributed by atoms with Gasteiger partial charge in [-0.05, 0) is 98.1 Å². The number of hydrogen-bond acceptors (Lipinski definition) is 10. The minimum absolute atomic E-state index is 0.548. The van der Waals surface area contributed by atoms with E-state index >= 15 is 0 Å². The Kier molecular flexibility index (Phi) is 19.9. The van der Waals surface area contributed by atoms with Gasteiger partial charge >= 0.3 is 0 Å². The Morgan fingerprint density at radius 2 is 0.217 bits per heavy atom. The lowest BCUT2D eigenvalue weighted by molar-refractivity contribution is 1.07. The van der Waals surface area contributed by atoms with E-state index in [9.17, 15) is 0 Å². The molecule has 0 N–H and O–H groups in total. The van der Waals surface area contributed by atoms with Crippen molar-refractivity contribution in [3.8, 4) is 214 Å². The molecule has 0 bridgehead atoms. The van der Waals surface area contributed by atoms with Gasteiger partial charge in [0, 0.05) is 77.9 Å². The Morgan fingerprint density at radius 1 is 0.0833 bits per heavy atom. The average Bonchev–Trinajstić information content (AvgIpc) is 0.763. The fraction of sp³-hybridized carbons (Fsp3) is 0. The Balaban J connectivity index is 0.610. The largest absolute Gasteiger partial charge is 0.243 e. The maximum absolute atomic E-state index is 5.72. The van der Waals surface area contributed by atoms with Crippen LogP contribution >= 0.6 is 0 Å². The predicted octanol–water partition coefficient (Wildman–Crippen LogP) is 27.3. The molecule has 16 aromatic carbocycles. The van der Waals surface area contributed by atoms with Crippen LogP contribution < -0.4 is 0 Å². The Morgan fingerprint density at radius 3 is 0.442 bits per heavy atom. The second kappa shape index (κ2) is 32.9. The van der Waals surface area contributed by atoms with Gasteiger partial charge in [0.15, 0.2) is 34.9 Å². The summed E-state index contributed by atoms with van der Waals surface area (Å²) in [4.78, 5) is 53.3. The van der Waals surface area contributed by atoms with Crippen LogP contribution in [0.1, 0.15) is 0 Å². The Hall–Kier alpha value is -16.3. The van der Waals surface area contributed by atoms with Crippen molar-refractivity contribution in [2.45, 2.75) is 0 Å². The Bertz CT molecular complexity index is 7040. The third kappa shape index (κ3) is 15.3. The zero-order valence-corrected chi connectivity index (χ0v) is 65.0. The molecule has 10 nitrogen and oxygen atoms in total. The molecule has 20 aromatic rings. The molecule has 0 atom stereocenters. The first-order valence-corrected chi connectivity index (χ1v) is 40.1. The summed E-state index contributed by atoms with van der Waals surface area (Å²) in [6, 6.07) is 151. The molecule has 0 aliphatic rings. The topological polar surface area (TPSA) is 129 Å². The molecule has 0 saturated carbocycles. The predicted molar refractivity (Wildman–Crippen MR) is 488 cm³/mol. The van der Waals surface area contributed by atoms with Crippen LogP contribution in [0.5, 0.6) is 0 Å². The molecular formula is C110H72N10. The van der Waals surface area contributed by atoms with Crippen LogP contribution in [0.3, 0.4) is 0 Å². The molecule has 0 saturated heterocycles. The minimum Gasteiger partial charge on any atom is -0.243 e. The average molecular weight is 1530 g/mol. The van der Waals surface area contributed by atoms with E-state index in [1.807, 2.05) is 121 Å². The minimum atomic E-state index is 0.548. The zero-order chi connectivity index (χ0) is 79.9. The lowest BCUT2D eigenvalue weighted by Gasteiger charge is -2.17. The van der Waals surface area contributed by atoms with Crippen molar-refractivity contribution in [3.05, 3.63) is 437 Å². The van der Waals surface area contributed by atoms with E-state index in [2.05, 4.69) is 315 Å². The summed E-state index contributed by atoms with van der Waals surface area (Å²) in [5.41, 5.74) is 29.7. The van der Waals surface area contributed by atoms with Crippen molar-refractivity contribution >= 4 is 0 Å². The molecular weight excluding hydrogens is 1460 g/mol. The molecule has 120 heavy (non-hydrogen) atoms. The number of aromatic nitrogens is 10. The number of benzene rings is 16. The van der Waals surface area contributed by atoms with Gasteiger partial charge in [-0.25, -0.2) is 49.8 Å². The molecule has 0 aliphatic carbocycles. The second-order valence-corrected chi connectivity index (χ2v) is 29.4. The van der Waals surface area contributed by atoms with E-state index in [0.29, 0.717) is 34.9 Å². The molecule has 4 heterocycles. The highest BCUT2D eigenvalue weighted by molar-refractivity contribution is 5.91. The van der Waals surface area contributed by atoms with E-state index in [0.717, 1.165) is 179 Å². The summed E-state index contributed by atoms with van der Waals surface area (Å²) in [6.07, 6.45) is 0. The van der Waals surface area contributed by atoms with Gasteiger partial charge in [0.1, 0.15) is 0 Å². The van der Waals surface area contributed by atoms with Crippen molar-refractivity contribution in [3.63, 3.8) is 0 Å². The van der Waals surface area contributed by atoms with Crippen LogP contribution in [0, 0.1) is 0 Å². The monoisotopic (exact) mass is 1530 g/mol. The van der Waals surface area contributed by atoms with Crippen LogP contribution in [-0.4, -0.2) is 49.8 Å². The second-order valence-electron chi connectivity index (χ2n) is 29.4. The highest BCUT2D eigenvalue weighted by atomic mass is 15.0. The van der Waals surface area contributed by atoms with E-state index in [-0.39, 0.29) is 0 Å². The maximum atomic E-state index is 5.72. The van der Waals surface area contributed by atoms with Crippen molar-refractivity contribution in [1.82, 2.24) is 49.8 Å². The van der Waals surface area contributed by atoms with E-state index in [1.165, 1.54) is 0 Å². The van der Waals surface area contributed by atoms with Crippen LogP contribution in [0.4, 0.5) is 0 Å². The fourth-order valence-corrected chi connectivity index (χ4v) is 15.5. The lowest BCUT2D eigenvalue weighted by atomic mass is 9.95. The van der Waals surface area contributed by atoms with Crippen LogP contribution in [0.25, 0.3) is 214 Å². The lowest BCUT2D eigenvalue weighted by Crippen LogP contribution is -2.01. The first kappa shape index (κ1) is 72.6. The van der Waals surface area contributed by atoms with Gasteiger partial charge in [0.05, 0.1) is 45.6 Å². The van der Waals surface area contributed by atoms with Gasteiger partial charge in [-0.3, -0.25) is 0 Å². The first-order chi connectivity index (χ1) is 59.4. The first-order valence-electron chi connectivity index (χ1n) is 40.1. The van der Waals surface area contributed by atoms with Gasteiger partial charge < -0.3 is 0 Å². The number of hydrogen-bond donors (Lipinski definition) is 0. The molecule has 10 heteroatoms. The van der Waals surface area contributed by atoms with Gasteiger partial charge in [0.2, 0.25) is 0 Å². The van der Waals surface area contributed by atoms with Crippen LogP contribution in [0.2, 0.25) is 0 Å². The normalized spacial score (nSPS) is 11.2. The molecule has 20 rings (SSSR count). The SMILES string of the molecule is c1ccc(-c2nc(-c3ccccc3)nc(-c3cccc(-c4cccc(-c5ccc(-c6nc(-c7ccccc7)c(-c7cccc(-c8cccc(-c9nc(-c%10ccccc%10)nc(-c%10cccc(-c%11cccc(-c%12cccc(-c%13nc(-c%14ccccc%14)c(-c%14ccccc%14)nc%13-c%13ccccc%13)c%12)c%11)c%10)n9)c8)c7)nc6-c6ccccc6)cc5)c4)c3)n2)cc1. The fourth-order valence-electron chi connectivity index (χ4n) is 15.5. The molecule has 0 aliphatic heterocycles. The van der Waals surface area contributed by atoms with Crippen molar-refractivity contribution in [1.29, 1.82) is 0 Å². The quantitative estimate of drug-likeness (QED) is 0.0772. The van der Waals surface area contributed by atoms with E-state index < -0.39 is 0 Å². The number of nitrogens with zero attached hydrogens (tertiary/aromatic N) is 10. The molecule has 562 valence electrons. The number of rotatable bonds is 19. The molecule has 0 amide bonds. The summed E-state index contributed by atoms with van der Waals surface area (Å²) in [5, 5.41) is 0. The summed E-state index contributed by atoms with van der Waals surface area (Å²) in [7, 11) is 0. The third-order valence-electron chi connectivity index (χ3n) is 21.6. The van der Waals surface area contributed by atoms with Crippen LogP contribution in [-0.2, 0) is 0 Å². The highest BCUT2D eigenvalue weighted by Gasteiger charge is 2.25. The van der Waals surface area contributed by atoms with Crippen molar-refractivity contribution in [2.75, 3.05) is 0 Å². The summed E-state index contributed by atoms with van der Waals surface area (Å²) < 4.78 is 0. The smallest absolute Gasteiger partial charge is 0.164 e. The van der Waals surface area contributed by atoms with Gasteiger partial charge in [-0.2, -0.15) is 0 Å². The standard InChI is InChI=1S/C110H72N10/c1-9-32-74(33-10-1)97-98(75-34-11-2-12-35-75)113-103(100(111-97)77-38-15-4-16-39-77)92-57-27-52-87(68-92)85-50-26-51-86(67-85)90-55-30-60-95(71-90)109-118-107(82-46-23-8-24-47-82)119-110(120-109)96-61-31-56-91(72-96)88-53-28-58-93(69-88)104-101(78-40-17-5-18-41-78)112-102(99(114-104)76-36-13-3-14-37-76)79-64-62-73(63-65-79)83-48-25-49-84(66-83)89-54-29-59-94(70-89)108-116-105(80-42-19-6-20-43-80)115-106(117-108)81-44-21-7-22-45-81/h1-72H. The van der Waals surface area contributed by atoms with Gasteiger partial charge in [0.25, 0.3) is 0 Å². The molecule has 0 radical (unpaired) electrons. The van der Waals surface area contributed by atoms with E-state index in [4.69, 9.17) is 49.8 Å². The maximum Gasteiger partial charge on any atom is 0.164 e. The van der Waals surface area contributed by atoms with Gasteiger partial charge in [-0.1, -0.05) is 394 Å². The van der Waals surface area contributed by atoms with Crippen molar-refractivity contribution < 1.29 is 0 Å². The zero-order valence-electron chi connectivity index (χ0n) is 65.0. The molecule has 4 aromatic heterocycles. The summed E-state index contributed by atoms with van der Waals surface area (Å²) >= 11 is 0. The van der Waals surface area contributed by atoms with E-state index in [1.54, 1.807) is 0 Å². The van der Waals surface area contributed by atoms with Crippen molar-refractivity contribution in [2.24, 2.45) is 0 Å². The van der Waals surface area contributed by atoms with Crippen LogP contribution in [0.15, 0.2) is 437 Å². The molecule has 0 unspecified atom stereocenters. The highest BCUT2D eigenvalue weighted by Crippen LogP contribution is 2.43. The molecule has 0 spiro atoms. The summed E-state index contributed by atoms with van der Waals surface area (Å²) in [6.45, 7) is 0. The Labute approximate surface area is 696 Å². The third-order valence-corrected chi connectivity index (χ3v) is 21.6. The van der Waals surface area contributed by atoms with Gasteiger partial charge in [-0.15, -0.1) is 0 Å². The molecule has 0 fully saturated rings. The summed E-state index contributed by atoms with van der Waals surface area (Å²) in [5.74, 6) is 3.52.